The number of nitrogens with zero attached hydrogens (tertiary/aromatic N) is 4. The Balaban J connectivity index is 1.58. The van der Waals surface area contributed by atoms with Gasteiger partial charge in [-0.05, 0) is 44.5 Å². The van der Waals surface area contributed by atoms with Crippen LogP contribution in [0, 0.1) is 20.8 Å². The van der Waals surface area contributed by atoms with Gasteiger partial charge in [-0.2, -0.15) is 5.10 Å². The summed E-state index contributed by atoms with van der Waals surface area (Å²) in [7, 11) is 0. The average Bonchev–Trinajstić information content (AvgIpc) is 3.01. The number of rotatable bonds is 4. The summed E-state index contributed by atoms with van der Waals surface area (Å²) >= 11 is 0. The monoisotopic (exact) mass is 388 g/mol. The van der Waals surface area contributed by atoms with E-state index >= 15 is 0 Å². The van der Waals surface area contributed by atoms with Crippen LogP contribution < -0.4 is 5.56 Å². The first-order chi connectivity index (χ1) is 13.9. The molecule has 1 aromatic carbocycles. The van der Waals surface area contributed by atoms with E-state index < -0.39 is 5.97 Å². The van der Waals surface area contributed by atoms with Gasteiger partial charge in [-0.1, -0.05) is 24.3 Å². The van der Waals surface area contributed by atoms with Crippen molar-refractivity contribution in [1.82, 2.24) is 19.2 Å². The van der Waals surface area contributed by atoms with Crippen molar-refractivity contribution in [3.8, 4) is 5.69 Å². The largest absolute Gasteiger partial charge is 0.455 e. The summed E-state index contributed by atoms with van der Waals surface area (Å²) < 4.78 is 8.64. The number of fused-ring (bicyclic) bond motifs is 1. The fourth-order valence-electron chi connectivity index (χ4n) is 3.30. The van der Waals surface area contributed by atoms with Gasteiger partial charge in [-0.25, -0.2) is 14.5 Å². The number of aromatic nitrogens is 4. The fourth-order valence-corrected chi connectivity index (χ4v) is 3.30. The van der Waals surface area contributed by atoms with E-state index in [0.717, 1.165) is 11.3 Å². The van der Waals surface area contributed by atoms with Crippen LogP contribution in [0.4, 0.5) is 0 Å². The third-order valence-electron chi connectivity index (χ3n) is 4.71. The van der Waals surface area contributed by atoms with E-state index in [1.54, 1.807) is 23.9 Å². The van der Waals surface area contributed by atoms with Gasteiger partial charge in [0, 0.05) is 12.3 Å². The molecule has 146 valence electrons. The third-order valence-corrected chi connectivity index (χ3v) is 4.71. The number of hydrogen-bond acceptors (Lipinski definition) is 5. The molecule has 29 heavy (non-hydrogen) atoms. The van der Waals surface area contributed by atoms with Crippen molar-refractivity contribution in [1.29, 1.82) is 0 Å². The molecule has 0 atom stereocenters. The first-order valence-electron chi connectivity index (χ1n) is 9.22. The van der Waals surface area contributed by atoms with Gasteiger partial charge < -0.3 is 4.74 Å². The summed E-state index contributed by atoms with van der Waals surface area (Å²) in [6.45, 7) is 5.41. The smallest absolute Gasteiger partial charge is 0.342 e. The first kappa shape index (κ1) is 18.6. The minimum atomic E-state index is -0.493. The lowest BCUT2D eigenvalue weighted by Crippen LogP contribution is -2.17. The number of benzene rings is 1. The number of carbonyl (C=O) groups excluding carboxylic acids is 1. The maximum atomic E-state index is 12.7. The van der Waals surface area contributed by atoms with E-state index in [1.807, 2.05) is 50.2 Å². The number of pyridine rings is 1. The molecule has 0 saturated heterocycles. The molecule has 0 radical (unpaired) electrons. The maximum Gasteiger partial charge on any atom is 0.342 e. The number of ether oxygens (including phenoxy) is 1. The Bertz CT molecular complexity index is 1270. The molecular weight excluding hydrogens is 368 g/mol. The van der Waals surface area contributed by atoms with Crippen LogP contribution in [0.15, 0.2) is 59.5 Å². The summed E-state index contributed by atoms with van der Waals surface area (Å²) in [5, 5.41) is 4.47. The minimum Gasteiger partial charge on any atom is -0.455 e. The van der Waals surface area contributed by atoms with Crippen molar-refractivity contribution in [2.75, 3.05) is 0 Å². The minimum absolute atomic E-state index is 0.0894. The predicted octanol–water partition coefficient (Wildman–Crippen LogP) is 3.16. The summed E-state index contributed by atoms with van der Waals surface area (Å²) in [6, 6.07) is 14.6. The van der Waals surface area contributed by atoms with E-state index in [2.05, 4.69) is 10.1 Å². The molecule has 0 unspecified atom stereocenters. The molecular formula is C22H20N4O3. The lowest BCUT2D eigenvalue weighted by molar-refractivity contribution is 0.0466. The lowest BCUT2D eigenvalue weighted by Gasteiger charge is -2.07. The highest BCUT2D eigenvalue weighted by molar-refractivity contribution is 5.92. The highest BCUT2D eigenvalue weighted by Crippen LogP contribution is 2.19. The van der Waals surface area contributed by atoms with E-state index in [9.17, 15) is 9.59 Å². The van der Waals surface area contributed by atoms with Crippen LogP contribution in [0.2, 0.25) is 0 Å². The molecule has 0 aliphatic carbocycles. The van der Waals surface area contributed by atoms with Gasteiger partial charge in [0.2, 0.25) is 0 Å². The molecule has 0 saturated carbocycles. The van der Waals surface area contributed by atoms with Gasteiger partial charge in [0.05, 0.1) is 22.8 Å². The second kappa shape index (κ2) is 7.35. The van der Waals surface area contributed by atoms with Crippen molar-refractivity contribution in [2.24, 2.45) is 0 Å². The Morgan fingerprint density at radius 1 is 1.07 bits per heavy atom. The fraction of sp³-hybridized carbons (Fsp3) is 0.182. The summed E-state index contributed by atoms with van der Waals surface area (Å²) in [6.07, 6.45) is 1.73. The summed E-state index contributed by atoms with van der Waals surface area (Å²) in [5.41, 5.74) is 4.22. The molecule has 3 aromatic heterocycles. The number of carbonyl (C=O) groups is 1. The quantitative estimate of drug-likeness (QED) is 0.502. The molecule has 0 aliphatic heterocycles. The van der Waals surface area contributed by atoms with Gasteiger partial charge >= 0.3 is 5.97 Å². The number of esters is 1. The Labute approximate surface area is 167 Å². The molecule has 0 bridgehead atoms. The van der Waals surface area contributed by atoms with Gasteiger partial charge in [0.25, 0.3) is 5.56 Å². The molecule has 0 aliphatic rings. The molecule has 7 heteroatoms. The maximum absolute atomic E-state index is 12.7. The Morgan fingerprint density at radius 3 is 2.59 bits per heavy atom. The van der Waals surface area contributed by atoms with Crippen molar-refractivity contribution in [3.05, 3.63) is 93.3 Å². The predicted molar refractivity (Wildman–Crippen MR) is 108 cm³/mol. The molecule has 4 aromatic rings. The SMILES string of the molecule is Cc1ccc2nc(COC(=O)c3c(C)nn(-c4ccccc4)c3C)cc(=O)n2c1. The summed E-state index contributed by atoms with van der Waals surface area (Å²) in [4.78, 5) is 29.4. The highest BCUT2D eigenvalue weighted by Gasteiger charge is 2.21. The molecule has 0 fully saturated rings. The highest BCUT2D eigenvalue weighted by atomic mass is 16.5. The van der Waals surface area contributed by atoms with Crippen LogP contribution >= 0.6 is 0 Å². The van der Waals surface area contributed by atoms with Gasteiger partial charge in [-0.15, -0.1) is 0 Å². The molecule has 0 amide bonds. The molecule has 7 nitrogen and oxygen atoms in total. The Kier molecular flexibility index (Phi) is 4.72. The van der Waals surface area contributed by atoms with Gasteiger partial charge in [0.1, 0.15) is 17.8 Å². The third kappa shape index (κ3) is 3.54. The van der Waals surface area contributed by atoms with E-state index in [0.29, 0.717) is 28.3 Å². The van der Waals surface area contributed by atoms with E-state index in [-0.39, 0.29) is 12.2 Å². The van der Waals surface area contributed by atoms with Crippen LogP contribution in [-0.2, 0) is 11.3 Å². The van der Waals surface area contributed by atoms with Gasteiger partial charge in [0.15, 0.2) is 0 Å². The topological polar surface area (TPSA) is 78.5 Å². The Hall–Kier alpha value is -3.74. The average molecular weight is 388 g/mol. The Morgan fingerprint density at radius 2 is 1.83 bits per heavy atom. The second-order valence-corrected chi connectivity index (χ2v) is 6.89. The van der Waals surface area contributed by atoms with E-state index in [1.165, 1.54) is 10.5 Å². The number of hydrogen-bond donors (Lipinski definition) is 0. The van der Waals surface area contributed by atoms with Crippen LogP contribution in [0.25, 0.3) is 11.3 Å². The zero-order valence-corrected chi connectivity index (χ0v) is 16.4. The normalized spacial score (nSPS) is 11.0. The number of aryl methyl sites for hydroxylation is 2. The van der Waals surface area contributed by atoms with Crippen molar-refractivity contribution in [3.63, 3.8) is 0 Å². The van der Waals surface area contributed by atoms with E-state index in [4.69, 9.17) is 4.74 Å². The molecule has 0 spiro atoms. The number of para-hydroxylation sites is 1. The van der Waals surface area contributed by atoms with Crippen LogP contribution in [0.1, 0.15) is 33.0 Å². The van der Waals surface area contributed by atoms with Crippen molar-refractivity contribution >= 4 is 11.6 Å². The molecule has 3 heterocycles. The molecule has 4 rings (SSSR count). The van der Waals surface area contributed by atoms with Gasteiger partial charge in [-0.3, -0.25) is 9.20 Å². The van der Waals surface area contributed by atoms with Crippen LogP contribution in [-0.4, -0.2) is 25.1 Å². The summed E-state index contributed by atoms with van der Waals surface area (Å²) in [5.74, 6) is -0.493. The van der Waals surface area contributed by atoms with Crippen LogP contribution in [0.5, 0.6) is 0 Å². The lowest BCUT2D eigenvalue weighted by atomic mass is 10.2. The van der Waals surface area contributed by atoms with Crippen molar-refractivity contribution in [2.45, 2.75) is 27.4 Å². The standard InChI is InChI=1S/C22H20N4O3/c1-14-9-10-19-23-17(11-20(27)25(19)12-14)13-29-22(28)21-15(2)24-26(16(21)3)18-7-5-4-6-8-18/h4-12H,13H2,1-3H3. The van der Waals surface area contributed by atoms with Crippen LogP contribution in [0.3, 0.4) is 0 Å². The second-order valence-electron chi connectivity index (χ2n) is 6.89. The molecule has 0 N–H and O–H groups in total. The first-order valence-corrected chi connectivity index (χ1v) is 9.22. The zero-order valence-electron chi connectivity index (χ0n) is 16.4. The van der Waals surface area contributed by atoms with Crippen molar-refractivity contribution < 1.29 is 9.53 Å². The zero-order chi connectivity index (χ0) is 20.5.